The highest BCUT2D eigenvalue weighted by molar-refractivity contribution is 7.13. The van der Waals surface area contributed by atoms with Gasteiger partial charge in [-0.3, -0.25) is 0 Å². The molecule has 0 aliphatic carbocycles. The molecule has 5 heteroatoms. The summed E-state index contributed by atoms with van der Waals surface area (Å²) < 4.78 is 0. The molecule has 1 aromatic carbocycles. The summed E-state index contributed by atoms with van der Waals surface area (Å²) in [6.45, 7) is 2.14. The zero-order chi connectivity index (χ0) is 12.7. The number of H-pyrrole nitrogens is 1. The van der Waals surface area contributed by atoms with Crippen molar-refractivity contribution in [2.45, 2.75) is 13.3 Å². The second-order valence-electron chi connectivity index (χ2n) is 4.00. The van der Waals surface area contributed by atoms with Crippen molar-refractivity contribution in [3.63, 3.8) is 0 Å². The Morgan fingerprint density at radius 2 is 2.06 bits per heavy atom. The highest BCUT2D eigenvalue weighted by Gasteiger charge is 2.11. The van der Waals surface area contributed by atoms with Crippen LogP contribution in [-0.4, -0.2) is 9.97 Å². The first-order chi connectivity index (χ1) is 8.69. The van der Waals surface area contributed by atoms with Crippen LogP contribution in [0, 0.1) is 0 Å². The molecule has 0 aliphatic heterocycles. The Bertz CT molecular complexity index is 676. The number of aromatic amines is 1. The molecule has 0 unspecified atom stereocenters. The van der Waals surface area contributed by atoms with Crippen molar-refractivity contribution in [2.75, 3.05) is 0 Å². The van der Waals surface area contributed by atoms with Gasteiger partial charge in [-0.05, 0) is 35.6 Å². The van der Waals surface area contributed by atoms with Crippen molar-refractivity contribution in [2.24, 2.45) is 0 Å². The van der Waals surface area contributed by atoms with Crippen LogP contribution in [-0.2, 0) is 6.42 Å². The molecule has 2 heterocycles. The van der Waals surface area contributed by atoms with Crippen molar-refractivity contribution < 1.29 is 0 Å². The van der Waals surface area contributed by atoms with Gasteiger partial charge in [0.15, 0.2) is 0 Å². The lowest BCUT2D eigenvalue weighted by atomic mass is 10.2. The number of aryl methyl sites for hydroxylation is 1. The number of aromatic nitrogens is 2. The number of halogens is 2. The maximum absolute atomic E-state index is 6.00. The van der Waals surface area contributed by atoms with Crippen molar-refractivity contribution in [3.05, 3.63) is 39.2 Å². The van der Waals surface area contributed by atoms with E-state index in [0.29, 0.717) is 10.0 Å². The van der Waals surface area contributed by atoms with Gasteiger partial charge < -0.3 is 4.98 Å². The average molecular weight is 297 g/mol. The highest BCUT2D eigenvalue weighted by atomic mass is 35.5. The second kappa shape index (κ2) is 4.57. The lowest BCUT2D eigenvalue weighted by Gasteiger charge is -1.95. The number of imidazole rings is 1. The van der Waals surface area contributed by atoms with Gasteiger partial charge in [-0.2, -0.15) is 0 Å². The fourth-order valence-electron chi connectivity index (χ4n) is 1.93. The number of hydrogen-bond donors (Lipinski definition) is 1. The first kappa shape index (κ1) is 12.0. The Kier molecular flexibility index (Phi) is 3.06. The number of nitrogens with one attached hydrogen (secondary N) is 1. The lowest BCUT2D eigenvalue weighted by molar-refractivity contribution is 1.15. The predicted octanol–water partition coefficient (Wildman–Crippen LogP) is 5.16. The molecule has 0 atom stereocenters. The molecule has 3 aromatic rings. The summed E-state index contributed by atoms with van der Waals surface area (Å²) in [4.78, 5) is 9.06. The van der Waals surface area contributed by atoms with E-state index in [1.165, 1.54) is 10.4 Å². The Hall–Kier alpha value is -1.03. The van der Waals surface area contributed by atoms with E-state index in [1.54, 1.807) is 17.4 Å². The molecule has 3 rings (SSSR count). The van der Waals surface area contributed by atoms with E-state index in [-0.39, 0.29) is 0 Å². The van der Waals surface area contributed by atoms with Gasteiger partial charge in [0.05, 0.1) is 26.0 Å². The van der Waals surface area contributed by atoms with Gasteiger partial charge in [-0.25, -0.2) is 4.98 Å². The molecule has 0 spiro atoms. The second-order valence-corrected chi connectivity index (χ2v) is 5.73. The number of nitrogens with zero attached hydrogens (tertiary/aromatic N) is 1. The number of benzene rings is 1. The Morgan fingerprint density at radius 1 is 1.28 bits per heavy atom. The molecule has 0 saturated heterocycles. The monoisotopic (exact) mass is 296 g/mol. The van der Waals surface area contributed by atoms with Gasteiger partial charge in [0.1, 0.15) is 5.82 Å². The minimum atomic E-state index is 0.532. The standard InChI is InChI=1S/C13H10Cl2N2S/c1-2-7-3-4-18-12(7)13-16-10-5-8(14)9(15)6-11(10)17-13/h3-6H,2H2,1H3,(H,16,17). The van der Waals surface area contributed by atoms with E-state index in [2.05, 4.69) is 28.3 Å². The summed E-state index contributed by atoms with van der Waals surface area (Å²) in [6.07, 6.45) is 0.997. The van der Waals surface area contributed by atoms with E-state index in [9.17, 15) is 0 Å². The minimum absolute atomic E-state index is 0.532. The van der Waals surface area contributed by atoms with Crippen molar-refractivity contribution in [1.82, 2.24) is 9.97 Å². The van der Waals surface area contributed by atoms with Crippen LogP contribution in [0.25, 0.3) is 21.7 Å². The largest absolute Gasteiger partial charge is 0.337 e. The zero-order valence-corrected chi connectivity index (χ0v) is 12.0. The molecule has 2 nitrogen and oxygen atoms in total. The first-order valence-corrected chi connectivity index (χ1v) is 7.24. The molecule has 0 fully saturated rings. The van der Waals surface area contributed by atoms with Crippen LogP contribution in [0.2, 0.25) is 10.0 Å². The SMILES string of the molecule is CCc1ccsc1-c1nc2cc(Cl)c(Cl)cc2[nH]1. The van der Waals surface area contributed by atoms with E-state index in [4.69, 9.17) is 23.2 Å². The summed E-state index contributed by atoms with van der Waals surface area (Å²) in [5.74, 6) is 0.884. The third-order valence-electron chi connectivity index (χ3n) is 2.87. The van der Waals surface area contributed by atoms with Gasteiger partial charge in [-0.15, -0.1) is 11.3 Å². The van der Waals surface area contributed by atoms with E-state index < -0.39 is 0 Å². The van der Waals surface area contributed by atoms with Crippen LogP contribution in [0.5, 0.6) is 0 Å². The quantitative estimate of drug-likeness (QED) is 0.695. The molecule has 0 amide bonds. The van der Waals surface area contributed by atoms with Crippen LogP contribution >= 0.6 is 34.5 Å². The molecular weight excluding hydrogens is 287 g/mol. The van der Waals surface area contributed by atoms with E-state index in [0.717, 1.165) is 23.3 Å². The zero-order valence-electron chi connectivity index (χ0n) is 9.63. The number of hydrogen-bond acceptors (Lipinski definition) is 2. The molecule has 2 aromatic heterocycles. The maximum Gasteiger partial charge on any atom is 0.148 e. The molecule has 92 valence electrons. The van der Waals surface area contributed by atoms with Crippen LogP contribution in [0.3, 0.4) is 0 Å². The van der Waals surface area contributed by atoms with Gasteiger partial charge in [0.2, 0.25) is 0 Å². The Morgan fingerprint density at radius 3 is 2.83 bits per heavy atom. The molecule has 0 saturated carbocycles. The highest BCUT2D eigenvalue weighted by Crippen LogP contribution is 2.32. The van der Waals surface area contributed by atoms with Gasteiger partial charge >= 0.3 is 0 Å². The third-order valence-corrected chi connectivity index (χ3v) is 4.55. The van der Waals surface area contributed by atoms with Crippen molar-refractivity contribution in [3.8, 4) is 10.7 Å². The van der Waals surface area contributed by atoms with Crippen LogP contribution in [0.1, 0.15) is 12.5 Å². The summed E-state index contributed by atoms with van der Waals surface area (Å²) >= 11 is 13.7. The topological polar surface area (TPSA) is 28.7 Å². The van der Waals surface area contributed by atoms with Gasteiger partial charge in [0.25, 0.3) is 0 Å². The maximum atomic E-state index is 6.00. The molecular formula is C13H10Cl2N2S. The van der Waals surface area contributed by atoms with E-state index in [1.807, 2.05) is 6.07 Å². The molecule has 0 radical (unpaired) electrons. The summed E-state index contributed by atoms with van der Waals surface area (Å²) in [5.41, 5.74) is 3.06. The summed E-state index contributed by atoms with van der Waals surface area (Å²) in [6, 6.07) is 5.74. The fourth-order valence-corrected chi connectivity index (χ4v) is 3.20. The average Bonchev–Trinajstić information content (AvgIpc) is 2.95. The number of fused-ring (bicyclic) bond motifs is 1. The third kappa shape index (κ3) is 1.92. The minimum Gasteiger partial charge on any atom is -0.337 e. The molecule has 1 N–H and O–H groups in total. The number of rotatable bonds is 2. The van der Waals surface area contributed by atoms with Crippen LogP contribution < -0.4 is 0 Å². The molecule has 18 heavy (non-hydrogen) atoms. The van der Waals surface area contributed by atoms with Crippen LogP contribution in [0.4, 0.5) is 0 Å². The Labute approximate surface area is 119 Å². The van der Waals surface area contributed by atoms with Crippen molar-refractivity contribution in [1.29, 1.82) is 0 Å². The smallest absolute Gasteiger partial charge is 0.148 e. The van der Waals surface area contributed by atoms with Crippen LogP contribution in [0.15, 0.2) is 23.6 Å². The number of thiophene rings is 1. The van der Waals surface area contributed by atoms with Gasteiger partial charge in [0, 0.05) is 0 Å². The molecule has 0 aliphatic rings. The summed E-state index contributed by atoms with van der Waals surface area (Å²) in [5, 5.41) is 3.16. The van der Waals surface area contributed by atoms with Gasteiger partial charge in [-0.1, -0.05) is 30.1 Å². The van der Waals surface area contributed by atoms with Crippen molar-refractivity contribution >= 4 is 45.6 Å². The lowest BCUT2D eigenvalue weighted by Crippen LogP contribution is -1.82. The first-order valence-electron chi connectivity index (χ1n) is 5.60. The Balaban J connectivity index is 2.19. The van der Waals surface area contributed by atoms with E-state index >= 15 is 0 Å². The normalized spacial score (nSPS) is 11.3. The predicted molar refractivity (Wildman–Crippen MR) is 78.8 cm³/mol. The summed E-state index contributed by atoms with van der Waals surface area (Å²) in [7, 11) is 0. The molecule has 0 bridgehead atoms. The fraction of sp³-hybridized carbons (Fsp3) is 0.154.